The van der Waals surface area contributed by atoms with Crippen molar-refractivity contribution >= 4 is 11.6 Å². The molecule has 0 spiro atoms. The van der Waals surface area contributed by atoms with Crippen LogP contribution in [0.15, 0.2) is 18.3 Å². The van der Waals surface area contributed by atoms with Gasteiger partial charge in [0, 0.05) is 12.2 Å². The van der Waals surface area contributed by atoms with Gasteiger partial charge in [0.2, 0.25) is 23.3 Å². The third-order valence-electron chi connectivity index (χ3n) is 4.81. The van der Waals surface area contributed by atoms with Crippen LogP contribution >= 0.6 is 0 Å². The molecule has 2 heterocycles. The van der Waals surface area contributed by atoms with Crippen LogP contribution in [0.4, 0.5) is 0 Å². The maximum atomic E-state index is 12.6. The van der Waals surface area contributed by atoms with Crippen molar-refractivity contribution in [3.8, 4) is 11.8 Å². The molecule has 2 aliphatic rings. The van der Waals surface area contributed by atoms with Gasteiger partial charge in [0.25, 0.3) is 0 Å². The van der Waals surface area contributed by atoms with E-state index in [2.05, 4.69) is 4.98 Å². The van der Waals surface area contributed by atoms with Gasteiger partial charge in [-0.25, -0.2) is 0 Å². The predicted molar refractivity (Wildman–Crippen MR) is 81.0 cm³/mol. The first-order valence-electron chi connectivity index (χ1n) is 7.81. The van der Waals surface area contributed by atoms with Gasteiger partial charge in [0.05, 0.1) is 11.1 Å². The average molecular weight is 312 g/mol. The summed E-state index contributed by atoms with van der Waals surface area (Å²) in [5.41, 5.74) is -0.0231. The second kappa shape index (κ2) is 4.94. The molecule has 0 bridgehead atoms. The number of fused-ring (bicyclic) bond motifs is 2. The fraction of sp³-hybridized carbons (Fsp3) is 0.353. The molecule has 6 nitrogen and oxygen atoms in total. The SMILES string of the molecule is O=C1c2cccnc2C(=O)c2c1c(O)n(C1CCCCC1)c2O. The van der Waals surface area contributed by atoms with Crippen molar-refractivity contribution in [2.75, 3.05) is 0 Å². The number of hydrogen-bond acceptors (Lipinski definition) is 5. The molecule has 1 fully saturated rings. The Morgan fingerprint density at radius 2 is 1.65 bits per heavy atom. The number of pyridine rings is 1. The summed E-state index contributed by atoms with van der Waals surface area (Å²) in [6.45, 7) is 0. The van der Waals surface area contributed by atoms with E-state index in [-0.39, 0.29) is 40.2 Å². The molecule has 2 aliphatic carbocycles. The second-order valence-electron chi connectivity index (χ2n) is 6.12. The van der Waals surface area contributed by atoms with Gasteiger partial charge in [0.1, 0.15) is 11.3 Å². The Balaban J connectivity index is 1.93. The van der Waals surface area contributed by atoms with Crippen LogP contribution in [0.5, 0.6) is 11.8 Å². The van der Waals surface area contributed by atoms with E-state index in [0.29, 0.717) is 0 Å². The minimum atomic E-state index is -0.516. The molecule has 0 unspecified atom stereocenters. The summed E-state index contributed by atoms with van der Waals surface area (Å²) in [6.07, 6.45) is 6.16. The fourth-order valence-corrected chi connectivity index (χ4v) is 3.70. The fourth-order valence-electron chi connectivity index (χ4n) is 3.70. The molecule has 0 radical (unpaired) electrons. The standard InChI is InChI=1S/C17H16N2O4/c20-14-10-7-4-8-18-13(10)15(21)12-11(14)16(22)19(17(12)23)9-5-2-1-3-6-9/h4,7-9,22-23H,1-3,5-6H2. The molecule has 6 heteroatoms. The van der Waals surface area contributed by atoms with Crippen LogP contribution in [-0.4, -0.2) is 31.3 Å². The molecule has 118 valence electrons. The first kappa shape index (κ1) is 14.0. The van der Waals surface area contributed by atoms with Crippen molar-refractivity contribution in [3.63, 3.8) is 0 Å². The molecule has 0 amide bonds. The Kier molecular flexibility index (Phi) is 3.01. The van der Waals surface area contributed by atoms with Gasteiger partial charge in [-0.1, -0.05) is 19.3 Å². The van der Waals surface area contributed by atoms with E-state index in [4.69, 9.17) is 0 Å². The van der Waals surface area contributed by atoms with Crippen LogP contribution < -0.4 is 0 Å². The molecule has 0 aromatic carbocycles. The largest absolute Gasteiger partial charge is 0.494 e. The second-order valence-corrected chi connectivity index (χ2v) is 6.12. The lowest BCUT2D eigenvalue weighted by Gasteiger charge is -2.24. The third kappa shape index (κ3) is 1.84. The van der Waals surface area contributed by atoms with Crippen molar-refractivity contribution in [1.82, 2.24) is 9.55 Å². The molecule has 4 rings (SSSR count). The Morgan fingerprint density at radius 1 is 1.00 bits per heavy atom. The lowest BCUT2D eigenvalue weighted by atomic mass is 9.89. The highest BCUT2D eigenvalue weighted by Crippen LogP contribution is 2.44. The smallest absolute Gasteiger partial charge is 0.218 e. The van der Waals surface area contributed by atoms with Gasteiger partial charge < -0.3 is 10.2 Å². The minimum Gasteiger partial charge on any atom is -0.494 e. The predicted octanol–water partition coefficient (Wildman–Crippen LogP) is 2.57. The topological polar surface area (TPSA) is 92.4 Å². The number of aromatic nitrogens is 2. The highest BCUT2D eigenvalue weighted by atomic mass is 16.3. The molecular formula is C17H16N2O4. The van der Waals surface area contributed by atoms with Crippen LogP contribution in [0.2, 0.25) is 0 Å². The van der Waals surface area contributed by atoms with Gasteiger partial charge >= 0.3 is 0 Å². The van der Waals surface area contributed by atoms with Crippen LogP contribution in [0.25, 0.3) is 0 Å². The van der Waals surface area contributed by atoms with Gasteiger partial charge in [-0.2, -0.15) is 0 Å². The van der Waals surface area contributed by atoms with E-state index in [0.717, 1.165) is 32.1 Å². The summed E-state index contributed by atoms with van der Waals surface area (Å²) in [7, 11) is 0. The summed E-state index contributed by atoms with van der Waals surface area (Å²) in [4.78, 5) is 29.2. The molecule has 0 saturated heterocycles. The summed E-state index contributed by atoms with van der Waals surface area (Å²) in [6, 6.07) is 3.00. The number of carbonyl (C=O) groups excluding carboxylic acids is 2. The molecule has 1 saturated carbocycles. The van der Waals surface area contributed by atoms with Crippen molar-refractivity contribution in [2.45, 2.75) is 38.1 Å². The Labute approximate surface area is 132 Å². The van der Waals surface area contributed by atoms with Crippen LogP contribution in [-0.2, 0) is 0 Å². The van der Waals surface area contributed by atoms with Gasteiger partial charge in [-0.05, 0) is 25.0 Å². The zero-order valence-electron chi connectivity index (χ0n) is 12.5. The van der Waals surface area contributed by atoms with E-state index in [1.54, 1.807) is 6.07 Å². The number of ketones is 2. The average Bonchev–Trinajstić information content (AvgIpc) is 2.85. The molecule has 0 aliphatic heterocycles. The number of nitrogens with zero attached hydrogens (tertiary/aromatic N) is 2. The van der Waals surface area contributed by atoms with Crippen molar-refractivity contribution < 1.29 is 19.8 Å². The highest BCUT2D eigenvalue weighted by molar-refractivity contribution is 6.29. The summed E-state index contributed by atoms with van der Waals surface area (Å²) < 4.78 is 1.35. The van der Waals surface area contributed by atoms with Crippen molar-refractivity contribution in [2.24, 2.45) is 0 Å². The zero-order chi connectivity index (χ0) is 16.1. The van der Waals surface area contributed by atoms with Crippen LogP contribution in [0.3, 0.4) is 0 Å². The first-order valence-corrected chi connectivity index (χ1v) is 7.81. The normalized spacial score (nSPS) is 17.9. The number of hydrogen-bond donors (Lipinski definition) is 2. The van der Waals surface area contributed by atoms with Crippen LogP contribution in [0.1, 0.15) is 70.1 Å². The first-order chi connectivity index (χ1) is 11.1. The van der Waals surface area contributed by atoms with Gasteiger partial charge in [-0.3, -0.25) is 19.1 Å². The maximum absolute atomic E-state index is 12.6. The molecule has 2 N–H and O–H groups in total. The molecule has 2 aromatic rings. The Hall–Kier alpha value is -2.63. The zero-order valence-corrected chi connectivity index (χ0v) is 12.5. The monoisotopic (exact) mass is 312 g/mol. The van der Waals surface area contributed by atoms with E-state index in [9.17, 15) is 19.8 Å². The highest BCUT2D eigenvalue weighted by Gasteiger charge is 2.40. The maximum Gasteiger partial charge on any atom is 0.218 e. The number of carbonyl (C=O) groups is 2. The van der Waals surface area contributed by atoms with Crippen molar-refractivity contribution in [3.05, 3.63) is 40.7 Å². The summed E-state index contributed by atoms with van der Waals surface area (Å²) in [5, 5.41) is 21.1. The molecule has 23 heavy (non-hydrogen) atoms. The lowest BCUT2D eigenvalue weighted by Crippen LogP contribution is -2.20. The summed E-state index contributed by atoms with van der Waals surface area (Å²) in [5.74, 6) is -1.61. The Morgan fingerprint density at radius 3 is 2.35 bits per heavy atom. The molecule has 2 aromatic heterocycles. The van der Waals surface area contributed by atoms with Gasteiger partial charge in [0.15, 0.2) is 0 Å². The van der Waals surface area contributed by atoms with Crippen LogP contribution in [0, 0.1) is 0 Å². The van der Waals surface area contributed by atoms with E-state index >= 15 is 0 Å². The quantitative estimate of drug-likeness (QED) is 0.720. The lowest BCUT2D eigenvalue weighted by molar-refractivity contribution is 0.0972. The van der Waals surface area contributed by atoms with Crippen molar-refractivity contribution in [1.29, 1.82) is 0 Å². The Bertz CT molecular complexity index is 773. The van der Waals surface area contributed by atoms with Gasteiger partial charge in [-0.15, -0.1) is 0 Å². The third-order valence-corrected chi connectivity index (χ3v) is 4.81. The van der Waals surface area contributed by atoms with E-state index < -0.39 is 11.6 Å². The summed E-state index contributed by atoms with van der Waals surface area (Å²) >= 11 is 0. The van der Waals surface area contributed by atoms with E-state index in [1.807, 2.05) is 0 Å². The number of aromatic hydroxyl groups is 2. The minimum absolute atomic E-state index is 0.0288. The van der Waals surface area contributed by atoms with E-state index in [1.165, 1.54) is 16.8 Å². The molecular weight excluding hydrogens is 296 g/mol. The number of rotatable bonds is 1. The molecule has 0 atom stereocenters.